The maximum atomic E-state index is 11.5. The summed E-state index contributed by atoms with van der Waals surface area (Å²) in [4.78, 5) is 28.8. The minimum absolute atomic E-state index is 0.124. The molecule has 0 bridgehead atoms. The van der Waals surface area contributed by atoms with E-state index in [9.17, 15) is 14.7 Å². The quantitative estimate of drug-likeness (QED) is 0.763. The zero-order valence-electron chi connectivity index (χ0n) is 9.17. The zero-order valence-corrected chi connectivity index (χ0v) is 9.17. The molecule has 2 heterocycles. The number of aromatic hydroxyl groups is 1. The van der Waals surface area contributed by atoms with Crippen molar-refractivity contribution in [1.82, 2.24) is 14.5 Å². The minimum atomic E-state index is -0.630. The Morgan fingerprint density at radius 3 is 2.65 bits per heavy atom. The maximum absolute atomic E-state index is 11.5. The Bertz CT molecular complexity index is 643. The van der Waals surface area contributed by atoms with Gasteiger partial charge in [0.2, 0.25) is 5.88 Å². The molecule has 0 aliphatic carbocycles. The Morgan fingerprint density at radius 2 is 2.00 bits per heavy atom. The largest absolute Gasteiger partial charge is 0.494 e. The molecule has 2 aromatic rings. The van der Waals surface area contributed by atoms with Gasteiger partial charge in [0.05, 0.1) is 12.1 Å². The predicted octanol–water partition coefficient (Wildman–Crippen LogP) is -0.00608. The molecule has 6 heteroatoms. The number of nitrogens with zero attached hydrogens (tertiary/aromatic N) is 2. The van der Waals surface area contributed by atoms with Crippen LogP contribution in [0.2, 0.25) is 0 Å². The molecular weight excluding hydrogens is 222 g/mol. The highest BCUT2D eigenvalue weighted by molar-refractivity contribution is 5.22. The summed E-state index contributed by atoms with van der Waals surface area (Å²) in [6, 6.07) is 3.46. The second-order valence-electron chi connectivity index (χ2n) is 3.65. The van der Waals surface area contributed by atoms with Crippen molar-refractivity contribution in [1.29, 1.82) is 0 Å². The number of rotatable bonds is 2. The van der Waals surface area contributed by atoms with Crippen LogP contribution in [0.1, 0.15) is 11.1 Å². The van der Waals surface area contributed by atoms with Gasteiger partial charge in [-0.15, -0.1) is 0 Å². The number of aromatic amines is 1. The molecule has 0 unspecified atom stereocenters. The summed E-state index contributed by atoms with van der Waals surface area (Å²) in [6.07, 6.45) is 3.19. The summed E-state index contributed by atoms with van der Waals surface area (Å²) in [6.45, 7) is 1.64. The number of aromatic nitrogens is 3. The second-order valence-corrected chi connectivity index (χ2v) is 3.65. The summed E-state index contributed by atoms with van der Waals surface area (Å²) in [5.41, 5.74) is -0.268. The van der Waals surface area contributed by atoms with Crippen LogP contribution in [0, 0.1) is 6.92 Å². The standard InChI is InChI=1S/C11H11N3O3/c1-7-9(15)13-11(17)14(10(7)16)6-8-2-4-12-5-3-8/h2-5,16H,6H2,1H3,(H,13,15,17). The Hall–Kier alpha value is -2.37. The summed E-state index contributed by atoms with van der Waals surface area (Å²) in [7, 11) is 0. The van der Waals surface area contributed by atoms with Crippen LogP contribution >= 0.6 is 0 Å². The van der Waals surface area contributed by atoms with E-state index in [4.69, 9.17) is 0 Å². The van der Waals surface area contributed by atoms with Gasteiger partial charge in [0.15, 0.2) is 0 Å². The lowest BCUT2D eigenvalue weighted by Gasteiger charge is -2.09. The molecule has 0 fully saturated rings. The van der Waals surface area contributed by atoms with Gasteiger partial charge >= 0.3 is 5.69 Å². The molecular formula is C11H11N3O3. The van der Waals surface area contributed by atoms with Crippen molar-refractivity contribution in [3.8, 4) is 5.88 Å². The Labute approximate surface area is 96.2 Å². The van der Waals surface area contributed by atoms with Crippen LogP contribution in [0.5, 0.6) is 5.88 Å². The molecule has 0 saturated heterocycles. The highest BCUT2D eigenvalue weighted by Gasteiger charge is 2.10. The van der Waals surface area contributed by atoms with Crippen molar-refractivity contribution < 1.29 is 5.11 Å². The van der Waals surface area contributed by atoms with Crippen molar-refractivity contribution in [3.63, 3.8) is 0 Å². The van der Waals surface area contributed by atoms with Crippen LogP contribution in [-0.4, -0.2) is 19.6 Å². The molecule has 0 aliphatic rings. The lowest BCUT2D eigenvalue weighted by Crippen LogP contribution is -2.31. The lowest BCUT2D eigenvalue weighted by atomic mass is 10.2. The maximum Gasteiger partial charge on any atom is 0.331 e. The van der Waals surface area contributed by atoms with Crippen molar-refractivity contribution in [3.05, 3.63) is 56.5 Å². The molecule has 0 radical (unpaired) electrons. The third kappa shape index (κ3) is 2.10. The van der Waals surface area contributed by atoms with E-state index in [2.05, 4.69) is 9.97 Å². The van der Waals surface area contributed by atoms with E-state index in [0.717, 1.165) is 10.1 Å². The molecule has 2 aromatic heterocycles. The average Bonchev–Trinajstić information content (AvgIpc) is 2.33. The minimum Gasteiger partial charge on any atom is -0.494 e. The van der Waals surface area contributed by atoms with Gasteiger partial charge in [0.25, 0.3) is 5.56 Å². The van der Waals surface area contributed by atoms with E-state index >= 15 is 0 Å². The van der Waals surface area contributed by atoms with E-state index in [1.165, 1.54) is 6.92 Å². The summed E-state index contributed by atoms with van der Waals surface area (Å²) in [5.74, 6) is -0.310. The fourth-order valence-corrected chi connectivity index (χ4v) is 1.48. The number of nitrogens with one attached hydrogen (secondary N) is 1. The van der Waals surface area contributed by atoms with Gasteiger partial charge < -0.3 is 5.11 Å². The SMILES string of the molecule is Cc1c(O)n(Cc2ccncc2)c(=O)[nH]c1=O. The van der Waals surface area contributed by atoms with Crippen molar-refractivity contribution in [2.45, 2.75) is 13.5 Å². The first-order chi connectivity index (χ1) is 8.09. The molecule has 2 rings (SSSR count). The van der Waals surface area contributed by atoms with E-state index in [1.54, 1.807) is 24.5 Å². The molecule has 0 aliphatic heterocycles. The third-order valence-electron chi connectivity index (χ3n) is 2.49. The Morgan fingerprint density at radius 1 is 1.35 bits per heavy atom. The average molecular weight is 233 g/mol. The summed E-state index contributed by atoms with van der Waals surface area (Å²) < 4.78 is 1.10. The van der Waals surface area contributed by atoms with E-state index in [-0.39, 0.29) is 18.0 Å². The highest BCUT2D eigenvalue weighted by atomic mass is 16.3. The van der Waals surface area contributed by atoms with Crippen LogP contribution < -0.4 is 11.2 Å². The van der Waals surface area contributed by atoms with Crippen molar-refractivity contribution in [2.75, 3.05) is 0 Å². The molecule has 88 valence electrons. The summed E-state index contributed by atoms with van der Waals surface area (Å²) in [5, 5.41) is 9.75. The Kier molecular flexibility index (Phi) is 2.78. The number of hydrogen-bond acceptors (Lipinski definition) is 4. The smallest absolute Gasteiger partial charge is 0.331 e. The number of pyridine rings is 1. The van der Waals surface area contributed by atoms with Crippen molar-refractivity contribution in [2.24, 2.45) is 0 Å². The van der Waals surface area contributed by atoms with Crippen molar-refractivity contribution >= 4 is 0 Å². The van der Waals surface area contributed by atoms with E-state index < -0.39 is 11.2 Å². The van der Waals surface area contributed by atoms with Gasteiger partial charge in [0.1, 0.15) is 0 Å². The fraction of sp³-hybridized carbons (Fsp3) is 0.182. The van der Waals surface area contributed by atoms with Crippen LogP contribution in [0.4, 0.5) is 0 Å². The molecule has 0 saturated carbocycles. The fourth-order valence-electron chi connectivity index (χ4n) is 1.48. The molecule has 0 aromatic carbocycles. The van der Waals surface area contributed by atoms with E-state index in [1.807, 2.05) is 0 Å². The lowest BCUT2D eigenvalue weighted by molar-refractivity contribution is 0.404. The first-order valence-corrected chi connectivity index (χ1v) is 5.01. The Balaban J connectivity index is 2.51. The zero-order chi connectivity index (χ0) is 12.4. The number of H-pyrrole nitrogens is 1. The van der Waals surface area contributed by atoms with Crippen LogP contribution in [0.15, 0.2) is 34.1 Å². The van der Waals surface area contributed by atoms with Crippen LogP contribution in [-0.2, 0) is 6.54 Å². The molecule has 0 atom stereocenters. The normalized spacial score (nSPS) is 10.4. The molecule has 0 amide bonds. The van der Waals surface area contributed by atoms with E-state index in [0.29, 0.717) is 0 Å². The monoisotopic (exact) mass is 233 g/mol. The van der Waals surface area contributed by atoms with Gasteiger partial charge in [-0.05, 0) is 24.6 Å². The van der Waals surface area contributed by atoms with Gasteiger partial charge in [0, 0.05) is 12.4 Å². The second kappa shape index (κ2) is 4.25. The van der Waals surface area contributed by atoms with Crippen LogP contribution in [0.25, 0.3) is 0 Å². The first kappa shape index (κ1) is 11.1. The van der Waals surface area contributed by atoms with Gasteiger partial charge in [-0.25, -0.2) is 4.79 Å². The van der Waals surface area contributed by atoms with Crippen LogP contribution in [0.3, 0.4) is 0 Å². The van der Waals surface area contributed by atoms with Gasteiger partial charge in [-0.3, -0.25) is 19.3 Å². The summed E-state index contributed by atoms with van der Waals surface area (Å²) >= 11 is 0. The third-order valence-corrected chi connectivity index (χ3v) is 2.49. The molecule has 0 spiro atoms. The highest BCUT2D eigenvalue weighted by Crippen LogP contribution is 2.10. The van der Waals surface area contributed by atoms with Gasteiger partial charge in [-0.2, -0.15) is 0 Å². The van der Waals surface area contributed by atoms with Gasteiger partial charge in [-0.1, -0.05) is 0 Å². The topological polar surface area (TPSA) is 88.0 Å². The molecule has 2 N–H and O–H groups in total. The number of hydrogen-bond donors (Lipinski definition) is 2. The molecule has 6 nitrogen and oxygen atoms in total. The predicted molar refractivity (Wildman–Crippen MR) is 61.1 cm³/mol. The first-order valence-electron chi connectivity index (χ1n) is 5.01. The molecule has 17 heavy (non-hydrogen) atoms.